The summed E-state index contributed by atoms with van der Waals surface area (Å²) in [6.07, 6.45) is 2.30. The first-order valence-electron chi connectivity index (χ1n) is 7.50. The SMILES string of the molecule is C[C@H](Oc1cc2c(cc1Cl)N(CCC(=O)O)C(=O)CO2)c1ncco1. The third-order valence-corrected chi connectivity index (χ3v) is 3.90. The van der Waals surface area contributed by atoms with E-state index in [4.69, 9.17) is 30.6 Å². The standard InChI is InChI=1S/C16H15ClN2O6/c1-9(16-18-3-5-23-16)25-12-7-13-11(6-10(12)17)19(4-2-15(21)22)14(20)8-24-13/h3,5-7,9H,2,4,8H2,1H3,(H,21,22)/t9-/m0/s1. The minimum atomic E-state index is -0.994. The second-order valence-electron chi connectivity index (χ2n) is 5.36. The fourth-order valence-electron chi connectivity index (χ4n) is 2.42. The number of amides is 1. The van der Waals surface area contributed by atoms with Gasteiger partial charge in [-0.1, -0.05) is 11.6 Å². The van der Waals surface area contributed by atoms with Crippen LogP contribution in [0.4, 0.5) is 5.69 Å². The molecule has 25 heavy (non-hydrogen) atoms. The van der Waals surface area contributed by atoms with E-state index in [0.29, 0.717) is 23.1 Å². The van der Waals surface area contributed by atoms with Gasteiger partial charge in [0.15, 0.2) is 12.7 Å². The Morgan fingerprint density at radius 3 is 3.00 bits per heavy atom. The fraction of sp³-hybridized carbons (Fsp3) is 0.312. The number of carboxylic acids is 1. The van der Waals surface area contributed by atoms with Crippen LogP contribution in [0.3, 0.4) is 0 Å². The van der Waals surface area contributed by atoms with E-state index in [0.717, 1.165) is 0 Å². The number of rotatable bonds is 6. The van der Waals surface area contributed by atoms with Crippen molar-refractivity contribution in [2.75, 3.05) is 18.1 Å². The summed E-state index contributed by atoms with van der Waals surface area (Å²) in [7, 11) is 0. The summed E-state index contributed by atoms with van der Waals surface area (Å²) in [5, 5.41) is 9.10. The van der Waals surface area contributed by atoms with Crippen LogP contribution in [0.5, 0.6) is 11.5 Å². The lowest BCUT2D eigenvalue weighted by Gasteiger charge is -2.29. The first-order valence-corrected chi connectivity index (χ1v) is 7.88. The van der Waals surface area contributed by atoms with Crippen molar-refractivity contribution in [2.45, 2.75) is 19.4 Å². The number of hydrogen-bond acceptors (Lipinski definition) is 6. The number of hydrogen-bond donors (Lipinski definition) is 1. The summed E-state index contributed by atoms with van der Waals surface area (Å²) in [4.78, 5) is 28.2. The predicted octanol–water partition coefficient (Wildman–Crippen LogP) is 2.67. The Balaban J connectivity index is 1.85. The lowest BCUT2D eigenvalue weighted by Crippen LogP contribution is -2.40. The molecule has 2 heterocycles. The molecule has 1 aliphatic heterocycles. The summed E-state index contributed by atoms with van der Waals surface area (Å²) in [6.45, 7) is 1.61. The number of anilines is 1. The van der Waals surface area contributed by atoms with Crippen LogP contribution in [-0.4, -0.2) is 35.1 Å². The van der Waals surface area contributed by atoms with Crippen molar-refractivity contribution >= 4 is 29.2 Å². The third-order valence-electron chi connectivity index (χ3n) is 3.61. The Labute approximate surface area is 147 Å². The Kier molecular flexibility index (Phi) is 4.80. The first kappa shape index (κ1) is 17.1. The summed E-state index contributed by atoms with van der Waals surface area (Å²) < 4.78 is 16.4. The van der Waals surface area contributed by atoms with Crippen molar-refractivity contribution in [3.8, 4) is 11.5 Å². The second kappa shape index (κ2) is 7.02. The molecule has 0 unspecified atom stereocenters. The van der Waals surface area contributed by atoms with Crippen LogP contribution in [0.2, 0.25) is 5.02 Å². The Morgan fingerprint density at radius 2 is 2.32 bits per heavy atom. The highest BCUT2D eigenvalue weighted by Crippen LogP contribution is 2.41. The number of carbonyl (C=O) groups excluding carboxylic acids is 1. The molecule has 2 aromatic rings. The number of ether oxygens (including phenoxy) is 2. The van der Waals surface area contributed by atoms with Gasteiger partial charge < -0.3 is 23.9 Å². The Hall–Kier alpha value is -2.74. The van der Waals surface area contributed by atoms with Crippen LogP contribution in [0.25, 0.3) is 0 Å². The van der Waals surface area contributed by atoms with Crippen molar-refractivity contribution in [1.82, 2.24) is 4.98 Å². The van der Waals surface area contributed by atoms with E-state index in [9.17, 15) is 9.59 Å². The molecule has 0 bridgehead atoms. The average molecular weight is 367 g/mol. The first-order chi connectivity index (χ1) is 12.0. The molecule has 1 aromatic carbocycles. The zero-order valence-electron chi connectivity index (χ0n) is 13.3. The lowest BCUT2D eigenvalue weighted by atomic mass is 10.2. The highest BCUT2D eigenvalue weighted by Gasteiger charge is 2.28. The van der Waals surface area contributed by atoms with Gasteiger partial charge in [0.05, 0.1) is 23.3 Å². The molecular weight excluding hydrogens is 352 g/mol. The lowest BCUT2D eigenvalue weighted by molar-refractivity contribution is -0.136. The van der Waals surface area contributed by atoms with E-state index in [-0.39, 0.29) is 30.5 Å². The average Bonchev–Trinajstić information content (AvgIpc) is 3.09. The zero-order valence-corrected chi connectivity index (χ0v) is 14.0. The second-order valence-corrected chi connectivity index (χ2v) is 5.77. The van der Waals surface area contributed by atoms with Gasteiger partial charge in [0.1, 0.15) is 17.8 Å². The number of halogens is 1. The van der Waals surface area contributed by atoms with Crippen molar-refractivity contribution in [1.29, 1.82) is 0 Å². The number of aromatic nitrogens is 1. The maximum atomic E-state index is 12.0. The van der Waals surface area contributed by atoms with Gasteiger partial charge in [-0.25, -0.2) is 4.98 Å². The van der Waals surface area contributed by atoms with Gasteiger partial charge in [-0.05, 0) is 13.0 Å². The largest absolute Gasteiger partial charge is 0.481 e. The molecule has 132 valence electrons. The normalized spacial score (nSPS) is 14.6. The molecular formula is C16H15ClN2O6. The van der Waals surface area contributed by atoms with Crippen molar-refractivity contribution in [3.05, 3.63) is 35.5 Å². The van der Waals surface area contributed by atoms with Crippen molar-refractivity contribution in [3.63, 3.8) is 0 Å². The quantitative estimate of drug-likeness (QED) is 0.838. The van der Waals surface area contributed by atoms with Gasteiger partial charge in [0.25, 0.3) is 5.91 Å². The van der Waals surface area contributed by atoms with Gasteiger partial charge >= 0.3 is 5.97 Å². The topological polar surface area (TPSA) is 102 Å². The van der Waals surface area contributed by atoms with Crippen molar-refractivity contribution < 1.29 is 28.6 Å². The van der Waals surface area contributed by atoms with E-state index in [1.54, 1.807) is 13.0 Å². The van der Waals surface area contributed by atoms with Crippen LogP contribution in [0.1, 0.15) is 25.3 Å². The van der Waals surface area contributed by atoms with Gasteiger partial charge in [-0.15, -0.1) is 0 Å². The minimum Gasteiger partial charge on any atom is -0.481 e. The smallest absolute Gasteiger partial charge is 0.305 e. The Bertz CT molecular complexity index is 792. The number of carboxylic acid groups (broad SMARTS) is 1. The number of oxazole rings is 1. The van der Waals surface area contributed by atoms with E-state index in [2.05, 4.69) is 4.98 Å². The molecule has 0 fully saturated rings. The van der Waals surface area contributed by atoms with E-state index in [1.807, 2.05) is 0 Å². The summed E-state index contributed by atoms with van der Waals surface area (Å²) >= 11 is 6.26. The molecule has 0 saturated heterocycles. The van der Waals surface area contributed by atoms with E-state index in [1.165, 1.54) is 23.4 Å². The van der Waals surface area contributed by atoms with Gasteiger partial charge in [-0.2, -0.15) is 0 Å². The molecule has 1 amide bonds. The van der Waals surface area contributed by atoms with Crippen LogP contribution < -0.4 is 14.4 Å². The molecule has 0 spiro atoms. The van der Waals surface area contributed by atoms with Crippen LogP contribution in [-0.2, 0) is 9.59 Å². The fourth-order valence-corrected chi connectivity index (χ4v) is 2.62. The van der Waals surface area contributed by atoms with Gasteiger partial charge in [0.2, 0.25) is 5.89 Å². The highest BCUT2D eigenvalue weighted by atomic mass is 35.5. The zero-order chi connectivity index (χ0) is 18.0. The molecule has 3 rings (SSSR count). The molecule has 0 saturated carbocycles. The number of nitrogens with zero attached hydrogens (tertiary/aromatic N) is 2. The number of fused-ring (bicyclic) bond motifs is 1. The minimum absolute atomic E-state index is 0.0355. The van der Waals surface area contributed by atoms with Crippen LogP contribution >= 0.6 is 11.6 Å². The van der Waals surface area contributed by atoms with Gasteiger partial charge in [0, 0.05) is 12.6 Å². The maximum Gasteiger partial charge on any atom is 0.305 e. The Morgan fingerprint density at radius 1 is 1.52 bits per heavy atom. The number of benzene rings is 1. The molecule has 9 heteroatoms. The molecule has 0 radical (unpaired) electrons. The highest BCUT2D eigenvalue weighted by molar-refractivity contribution is 6.32. The number of aliphatic carboxylic acids is 1. The summed E-state index contributed by atoms with van der Waals surface area (Å²) in [5.41, 5.74) is 0.415. The summed E-state index contributed by atoms with van der Waals surface area (Å²) in [5.74, 6) is -0.186. The number of carbonyl (C=O) groups is 2. The molecule has 1 N–H and O–H groups in total. The molecule has 1 atom stereocenters. The predicted molar refractivity (Wildman–Crippen MR) is 87.1 cm³/mol. The maximum absolute atomic E-state index is 12.0. The molecule has 8 nitrogen and oxygen atoms in total. The monoisotopic (exact) mass is 366 g/mol. The van der Waals surface area contributed by atoms with Crippen LogP contribution in [0.15, 0.2) is 29.0 Å². The molecule has 1 aliphatic rings. The van der Waals surface area contributed by atoms with Crippen LogP contribution in [0, 0.1) is 0 Å². The molecule has 1 aromatic heterocycles. The third kappa shape index (κ3) is 3.69. The summed E-state index contributed by atoms with van der Waals surface area (Å²) in [6, 6.07) is 3.09. The van der Waals surface area contributed by atoms with E-state index >= 15 is 0 Å². The van der Waals surface area contributed by atoms with Crippen molar-refractivity contribution in [2.24, 2.45) is 0 Å². The van der Waals surface area contributed by atoms with E-state index < -0.39 is 12.1 Å². The van der Waals surface area contributed by atoms with Gasteiger partial charge in [-0.3, -0.25) is 9.59 Å². The molecule has 0 aliphatic carbocycles.